The van der Waals surface area contributed by atoms with Crippen LogP contribution < -0.4 is 15.2 Å². The van der Waals surface area contributed by atoms with Crippen LogP contribution in [0.15, 0.2) is 12.1 Å². The van der Waals surface area contributed by atoms with E-state index in [-0.39, 0.29) is 0 Å². The summed E-state index contributed by atoms with van der Waals surface area (Å²) in [4.78, 5) is 4.47. The summed E-state index contributed by atoms with van der Waals surface area (Å²) in [6.07, 6.45) is 0. The van der Waals surface area contributed by atoms with E-state index in [1.54, 1.807) is 14.2 Å². The van der Waals surface area contributed by atoms with Crippen LogP contribution in [0, 0.1) is 13.8 Å². The number of anilines is 1. The molecule has 2 N–H and O–H groups in total. The van der Waals surface area contributed by atoms with Crippen LogP contribution in [0.1, 0.15) is 11.3 Å². The Hall–Kier alpha value is -1.75. The van der Waals surface area contributed by atoms with Gasteiger partial charge in [0, 0.05) is 5.56 Å². The number of hydrogen-bond acceptors (Lipinski definition) is 5. The van der Waals surface area contributed by atoms with Crippen LogP contribution in [0.4, 0.5) is 5.00 Å². The molecule has 0 spiro atoms. The molecule has 0 aliphatic rings. The summed E-state index contributed by atoms with van der Waals surface area (Å²) in [6.45, 7) is 3.93. The van der Waals surface area contributed by atoms with Gasteiger partial charge in [-0.1, -0.05) is 11.3 Å². The highest BCUT2D eigenvalue weighted by Crippen LogP contribution is 2.38. The molecule has 0 aliphatic carbocycles. The summed E-state index contributed by atoms with van der Waals surface area (Å²) < 4.78 is 10.6. The number of nitrogen functional groups attached to an aromatic ring is 1. The summed E-state index contributed by atoms with van der Waals surface area (Å²) >= 11 is 1.48. The number of benzene rings is 1. The molecule has 1 aromatic heterocycles. The van der Waals surface area contributed by atoms with Crippen LogP contribution in [0.5, 0.6) is 11.5 Å². The molecule has 0 unspecified atom stereocenters. The Morgan fingerprint density at radius 1 is 1.11 bits per heavy atom. The average molecular weight is 264 g/mol. The first-order valence-corrected chi connectivity index (χ1v) is 6.34. The van der Waals surface area contributed by atoms with Crippen LogP contribution >= 0.6 is 11.3 Å². The van der Waals surface area contributed by atoms with E-state index in [4.69, 9.17) is 15.2 Å². The standard InChI is InChI=1S/C13H16N2O2S/c1-7-5-10(16-3)11(17-4)6-9(7)13-15-8(2)12(14)18-13/h5-6H,14H2,1-4H3. The molecule has 0 saturated carbocycles. The topological polar surface area (TPSA) is 57.4 Å². The third-order valence-electron chi connectivity index (χ3n) is 2.79. The van der Waals surface area contributed by atoms with Gasteiger partial charge in [-0.05, 0) is 31.5 Å². The highest BCUT2D eigenvalue weighted by molar-refractivity contribution is 7.18. The summed E-state index contributed by atoms with van der Waals surface area (Å²) in [6, 6.07) is 3.88. The lowest BCUT2D eigenvalue weighted by Gasteiger charge is -2.11. The Balaban J connectivity index is 2.57. The van der Waals surface area contributed by atoms with E-state index in [0.717, 1.165) is 32.6 Å². The van der Waals surface area contributed by atoms with Crippen molar-refractivity contribution in [3.63, 3.8) is 0 Å². The molecule has 18 heavy (non-hydrogen) atoms. The summed E-state index contributed by atoms with van der Waals surface area (Å²) in [5.74, 6) is 1.42. The lowest BCUT2D eigenvalue weighted by atomic mass is 10.1. The van der Waals surface area contributed by atoms with E-state index in [9.17, 15) is 0 Å². The van der Waals surface area contributed by atoms with E-state index in [2.05, 4.69) is 4.98 Å². The fraction of sp³-hybridized carbons (Fsp3) is 0.308. The van der Waals surface area contributed by atoms with Crippen LogP contribution in [-0.2, 0) is 0 Å². The molecule has 0 saturated heterocycles. The lowest BCUT2D eigenvalue weighted by molar-refractivity contribution is 0.355. The second-order valence-corrected chi connectivity index (χ2v) is 5.02. The Morgan fingerprint density at radius 3 is 2.22 bits per heavy atom. The Kier molecular flexibility index (Phi) is 3.43. The van der Waals surface area contributed by atoms with E-state index < -0.39 is 0 Å². The van der Waals surface area contributed by atoms with Crippen LogP contribution in [0.2, 0.25) is 0 Å². The van der Waals surface area contributed by atoms with E-state index in [0.29, 0.717) is 5.75 Å². The first-order chi connectivity index (χ1) is 8.56. The average Bonchev–Trinajstić information content (AvgIpc) is 2.69. The third-order valence-corrected chi connectivity index (χ3v) is 3.81. The third kappa shape index (κ3) is 2.13. The number of rotatable bonds is 3. The van der Waals surface area contributed by atoms with Crippen molar-refractivity contribution in [2.75, 3.05) is 20.0 Å². The van der Waals surface area contributed by atoms with Crippen molar-refractivity contribution < 1.29 is 9.47 Å². The Labute approximate surface area is 110 Å². The Bertz CT molecular complexity index is 559. The van der Waals surface area contributed by atoms with Gasteiger partial charge < -0.3 is 15.2 Å². The molecule has 0 amide bonds. The van der Waals surface area contributed by atoms with Crippen molar-refractivity contribution >= 4 is 16.3 Å². The second kappa shape index (κ2) is 4.86. The van der Waals surface area contributed by atoms with E-state index in [1.807, 2.05) is 26.0 Å². The van der Waals surface area contributed by atoms with Gasteiger partial charge in [0.1, 0.15) is 10.0 Å². The summed E-state index contributed by atoms with van der Waals surface area (Å²) in [7, 11) is 3.25. The molecule has 0 atom stereocenters. The molecule has 4 nitrogen and oxygen atoms in total. The molecule has 0 bridgehead atoms. The monoisotopic (exact) mass is 264 g/mol. The maximum atomic E-state index is 5.85. The van der Waals surface area contributed by atoms with Crippen molar-refractivity contribution in [2.24, 2.45) is 0 Å². The largest absolute Gasteiger partial charge is 0.493 e. The summed E-state index contributed by atoms with van der Waals surface area (Å²) in [5.41, 5.74) is 8.83. The van der Waals surface area contributed by atoms with Crippen LogP contribution in [-0.4, -0.2) is 19.2 Å². The van der Waals surface area contributed by atoms with Crippen molar-refractivity contribution in [3.8, 4) is 22.1 Å². The first-order valence-electron chi connectivity index (χ1n) is 5.52. The van der Waals surface area contributed by atoms with Crippen LogP contribution in [0.25, 0.3) is 10.6 Å². The molecule has 2 rings (SSSR count). The van der Waals surface area contributed by atoms with Gasteiger partial charge in [0.15, 0.2) is 11.5 Å². The zero-order chi connectivity index (χ0) is 13.3. The lowest BCUT2D eigenvalue weighted by Crippen LogP contribution is -1.93. The zero-order valence-corrected chi connectivity index (χ0v) is 11.7. The number of thiazole rings is 1. The first kappa shape index (κ1) is 12.7. The van der Waals surface area contributed by atoms with Gasteiger partial charge in [0.05, 0.1) is 19.9 Å². The number of ether oxygens (including phenoxy) is 2. The quantitative estimate of drug-likeness (QED) is 0.925. The number of methoxy groups -OCH3 is 2. The molecule has 0 radical (unpaired) electrons. The molecule has 1 aromatic carbocycles. The highest BCUT2D eigenvalue weighted by Gasteiger charge is 2.13. The van der Waals surface area contributed by atoms with E-state index in [1.165, 1.54) is 11.3 Å². The molecule has 1 heterocycles. The second-order valence-electron chi connectivity index (χ2n) is 3.99. The predicted octanol–water partition coefficient (Wildman–Crippen LogP) is 3.03. The normalized spacial score (nSPS) is 10.4. The minimum Gasteiger partial charge on any atom is -0.493 e. The molecular formula is C13H16N2O2S. The molecular weight excluding hydrogens is 248 g/mol. The van der Waals surface area contributed by atoms with Crippen LogP contribution in [0.3, 0.4) is 0 Å². The predicted molar refractivity (Wildman–Crippen MR) is 74.5 cm³/mol. The minimum absolute atomic E-state index is 0.699. The molecule has 2 aromatic rings. The Morgan fingerprint density at radius 2 is 1.72 bits per heavy atom. The maximum absolute atomic E-state index is 5.85. The van der Waals surface area contributed by atoms with Crippen molar-refractivity contribution in [1.82, 2.24) is 4.98 Å². The number of aromatic nitrogens is 1. The van der Waals surface area contributed by atoms with Gasteiger partial charge in [-0.25, -0.2) is 4.98 Å². The number of nitrogens with two attached hydrogens (primary N) is 1. The van der Waals surface area contributed by atoms with Gasteiger partial charge in [-0.2, -0.15) is 0 Å². The fourth-order valence-corrected chi connectivity index (χ4v) is 2.65. The van der Waals surface area contributed by atoms with Gasteiger partial charge >= 0.3 is 0 Å². The number of hydrogen-bond donors (Lipinski definition) is 1. The number of nitrogens with zero attached hydrogens (tertiary/aromatic N) is 1. The van der Waals surface area contributed by atoms with E-state index >= 15 is 0 Å². The molecule has 5 heteroatoms. The fourth-order valence-electron chi connectivity index (χ4n) is 1.73. The van der Waals surface area contributed by atoms with Crippen molar-refractivity contribution in [1.29, 1.82) is 0 Å². The van der Waals surface area contributed by atoms with Gasteiger partial charge in [-0.15, -0.1) is 0 Å². The highest BCUT2D eigenvalue weighted by atomic mass is 32.1. The molecule has 0 fully saturated rings. The zero-order valence-electron chi connectivity index (χ0n) is 10.9. The minimum atomic E-state index is 0.699. The number of aryl methyl sites for hydroxylation is 2. The van der Waals surface area contributed by atoms with Gasteiger partial charge in [0.25, 0.3) is 0 Å². The SMILES string of the molecule is COc1cc(C)c(-c2nc(C)c(N)s2)cc1OC. The maximum Gasteiger partial charge on any atom is 0.161 e. The summed E-state index contributed by atoms with van der Waals surface area (Å²) in [5, 5.41) is 1.66. The van der Waals surface area contributed by atoms with Gasteiger partial charge in [0.2, 0.25) is 0 Å². The molecule has 96 valence electrons. The smallest absolute Gasteiger partial charge is 0.161 e. The van der Waals surface area contributed by atoms with Crippen molar-refractivity contribution in [3.05, 3.63) is 23.4 Å². The van der Waals surface area contributed by atoms with Gasteiger partial charge in [-0.3, -0.25) is 0 Å². The van der Waals surface area contributed by atoms with Crippen molar-refractivity contribution in [2.45, 2.75) is 13.8 Å². The molecule has 0 aliphatic heterocycles.